The van der Waals surface area contributed by atoms with Crippen LogP contribution in [0.15, 0.2) is 22.6 Å². The number of amides is 1. The van der Waals surface area contributed by atoms with Crippen LogP contribution in [0.1, 0.15) is 17.5 Å². The summed E-state index contributed by atoms with van der Waals surface area (Å²) in [6.45, 7) is 2.44. The van der Waals surface area contributed by atoms with E-state index in [2.05, 4.69) is 0 Å². The molecule has 0 aliphatic carbocycles. The fraction of sp³-hybridized carbons (Fsp3) is 0.182. The van der Waals surface area contributed by atoms with Crippen molar-refractivity contribution in [3.8, 4) is 5.75 Å². The number of carbonyl (C=O) groups excluding carboxylic acids is 1. The van der Waals surface area contributed by atoms with E-state index >= 15 is 0 Å². The normalized spacial score (nSPS) is 10.6. The second-order valence-electron chi connectivity index (χ2n) is 3.30. The van der Waals surface area contributed by atoms with Crippen LogP contribution in [0.3, 0.4) is 0 Å². The Morgan fingerprint density at radius 3 is 2.88 bits per heavy atom. The Balaban J connectivity index is 2.58. The molecule has 2 aromatic rings. The van der Waals surface area contributed by atoms with Crippen LogP contribution in [0.4, 0.5) is 5.69 Å². The van der Waals surface area contributed by atoms with Crippen LogP contribution in [0.25, 0.3) is 11.0 Å². The fourth-order valence-electron chi connectivity index (χ4n) is 1.54. The van der Waals surface area contributed by atoms with Gasteiger partial charge in [-0.05, 0) is 19.1 Å². The zero-order valence-corrected chi connectivity index (χ0v) is 8.82. The second kappa shape index (κ2) is 3.77. The summed E-state index contributed by atoms with van der Waals surface area (Å²) in [6, 6.07) is 5.19. The van der Waals surface area contributed by atoms with Gasteiger partial charge in [0, 0.05) is 11.5 Å². The molecular weight excluding hydrogens is 208 g/mol. The van der Waals surface area contributed by atoms with Gasteiger partial charge in [-0.1, -0.05) is 0 Å². The fourth-order valence-corrected chi connectivity index (χ4v) is 1.54. The van der Waals surface area contributed by atoms with Crippen molar-refractivity contribution in [1.82, 2.24) is 0 Å². The number of benzene rings is 1. The maximum absolute atomic E-state index is 11.0. The number of nitrogen functional groups attached to an aromatic ring is 1. The van der Waals surface area contributed by atoms with Crippen molar-refractivity contribution in [2.75, 3.05) is 12.3 Å². The molecule has 0 unspecified atom stereocenters. The van der Waals surface area contributed by atoms with Crippen LogP contribution in [-0.4, -0.2) is 12.5 Å². The minimum Gasteiger partial charge on any atom is -0.494 e. The van der Waals surface area contributed by atoms with Crippen molar-refractivity contribution in [3.63, 3.8) is 0 Å². The van der Waals surface area contributed by atoms with Gasteiger partial charge in [-0.15, -0.1) is 0 Å². The minimum absolute atomic E-state index is 0.0105. The number of nitrogens with two attached hydrogens (primary N) is 2. The molecule has 4 N–H and O–H groups in total. The number of furan rings is 1. The minimum atomic E-state index is -0.674. The highest BCUT2D eigenvalue weighted by Crippen LogP contribution is 2.30. The lowest BCUT2D eigenvalue weighted by molar-refractivity contribution is 0.0977. The lowest BCUT2D eigenvalue weighted by atomic mass is 10.2. The van der Waals surface area contributed by atoms with Gasteiger partial charge in [-0.3, -0.25) is 4.79 Å². The van der Waals surface area contributed by atoms with E-state index in [9.17, 15) is 4.79 Å². The number of rotatable bonds is 3. The Hall–Kier alpha value is -2.17. The molecule has 5 heteroatoms. The lowest BCUT2D eigenvalue weighted by Gasteiger charge is -2.01. The van der Waals surface area contributed by atoms with Gasteiger partial charge in [0.2, 0.25) is 5.76 Å². The molecule has 5 nitrogen and oxygen atoms in total. The van der Waals surface area contributed by atoms with Crippen molar-refractivity contribution in [2.45, 2.75) is 6.92 Å². The summed E-state index contributed by atoms with van der Waals surface area (Å²) in [5.74, 6) is -0.0184. The van der Waals surface area contributed by atoms with E-state index in [-0.39, 0.29) is 11.4 Å². The Labute approximate surface area is 92.0 Å². The molecule has 16 heavy (non-hydrogen) atoms. The van der Waals surface area contributed by atoms with E-state index in [0.29, 0.717) is 23.3 Å². The molecule has 84 valence electrons. The van der Waals surface area contributed by atoms with E-state index in [0.717, 1.165) is 0 Å². The van der Waals surface area contributed by atoms with Gasteiger partial charge < -0.3 is 20.6 Å². The first-order chi connectivity index (χ1) is 7.63. The van der Waals surface area contributed by atoms with Gasteiger partial charge in [-0.2, -0.15) is 0 Å². The van der Waals surface area contributed by atoms with Crippen LogP contribution in [0, 0.1) is 0 Å². The molecule has 1 heterocycles. The molecule has 0 aliphatic heterocycles. The Morgan fingerprint density at radius 2 is 2.25 bits per heavy atom. The van der Waals surface area contributed by atoms with Crippen molar-refractivity contribution < 1.29 is 13.9 Å². The van der Waals surface area contributed by atoms with Gasteiger partial charge in [0.15, 0.2) is 0 Å². The molecular formula is C11H12N2O3. The third kappa shape index (κ3) is 1.56. The number of carbonyl (C=O) groups is 1. The van der Waals surface area contributed by atoms with Crippen LogP contribution in [-0.2, 0) is 0 Å². The number of hydrogen-bond donors (Lipinski definition) is 2. The number of hydrogen-bond acceptors (Lipinski definition) is 4. The number of primary amides is 1. The third-order valence-corrected chi connectivity index (χ3v) is 2.23. The molecule has 2 rings (SSSR count). The maximum atomic E-state index is 11.0. The second-order valence-corrected chi connectivity index (χ2v) is 3.30. The van der Waals surface area contributed by atoms with Crippen molar-refractivity contribution in [2.24, 2.45) is 5.73 Å². The molecule has 1 aromatic heterocycles. The molecule has 0 saturated carbocycles. The molecule has 0 bridgehead atoms. The molecule has 0 atom stereocenters. The molecule has 0 spiro atoms. The number of anilines is 1. The van der Waals surface area contributed by atoms with E-state index in [4.69, 9.17) is 20.6 Å². The zero-order chi connectivity index (χ0) is 11.7. The summed E-state index contributed by atoms with van der Waals surface area (Å²) in [5.41, 5.74) is 11.6. The molecule has 0 aliphatic rings. The molecule has 0 fully saturated rings. The topological polar surface area (TPSA) is 91.5 Å². The zero-order valence-electron chi connectivity index (χ0n) is 8.82. The van der Waals surface area contributed by atoms with Crippen molar-refractivity contribution >= 4 is 22.6 Å². The molecule has 0 radical (unpaired) electrons. The van der Waals surface area contributed by atoms with Gasteiger partial charge in [-0.25, -0.2) is 0 Å². The standard InChI is InChI=1S/C11H12N2O3/c1-2-15-6-3-4-7-8(5-6)16-10(9(7)12)11(13)14/h3-5H,2,12H2,1H3,(H2,13,14). The van der Waals surface area contributed by atoms with Gasteiger partial charge >= 0.3 is 0 Å². The largest absolute Gasteiger partial charge is 0.494 e. The maximum Gasteiger partial charge on any atom is 0.286 e. The van der Waals surface area contributed by atoms with Crippen LogP contribution < -0.4 is 16.2 Å². The summed E-state index contributed by atoms with van der Waals surface area (Å²) < 4.78 is 10.6. The predicted molar refractivity (Wildman–Crippen MR) is 60.3 cm³/mol. The smallest absolute Gasteiger partial charge is 0.286 e. The Kier molecular flexibility index (Phi) is 2.44. The van der Waals surface area contributed by atoms with Gasteiger partial charge in [0.05, 0.1) is 12.3 Å². The highest BCUT2D eigenvalue weighted by molar-refractivity contribution is 6.04. The summed E-state index contributed by atoms with van der Waals surface area (Å²) in [5, 5.41) is 0.664. The first-order valence-corrected chi connectivity index (χ1v) is 4.88. The molecule has 1 amide bonds. The third-order valence-electron chi connectivity index (χ3n) is 2.23. The summed E-state index contributed by atoms with van der Waals surface area (Å²) in [7, 11) is 0. The van der Waals surface area contributed by atoms with E-state index in [1.54, 1.807) is 18.2 Å². The summed E-state index contributed by atoms with van der Waals surface area (Å²) >= 11 is 0. The summed E-state index contributed by atoms with van der Waals surface area (Å²) in [4.78, 5) is 11.0. The monoisotopic (exact) mass is 220 g/mol. The van der Waals surface area contributed by atoms with Crippen LogP contribution >= 0.6 is 0 Å². The average molecular weight is 220 g/mol. The van der Waals surface area contributed by atoms with E-state index < -0.39 is 5.91 Å². The van der Waals surface area contributed by atoms with Gasteiger partial charge in [0.25, 0.3) is 5.91 Å². The SMILES string of the molecule is CCOc1ccc2c(N)c(C(N)=O)oc2c1. The van der Waals surface area contributed by atoms with E-state index in [1.807, 2.05) is 6.92 Å². The van der Waals surface area contributed by atoms with Crippen molar-refractivity contribution in [1.29, 1.82) is 0 Å². The quantitative estimate of drug-likeness (QED) is 0.820. The number of ether oxygens (including phenoxy) is 1. The lowest BCUT2D eigenvalue weighted by Crippen LogP contribution is -2.11. The van der Waals surface area contributed by atoms with Crippen LogP contribution in [0.2, 0.25) is 0 Å². The van der Waals surface area contributed by atoms with Crippen LogP contribution in [0.5, 0.6) is 5.75 Å². The van der Waals surface area contributed by atoms with Crippen molar-refractivity contribution in [3.05, 3.63) is 24.0 Å². The number of fused-ring (bicyclic) bond motifs is 1. The first kappa shape index (κ1) is 10.4. The summed E-state index contributed by atoms with van der Waals surface area (Å²) in [6.07, 6.45) is 0. The van der Waals surface area contributed by atoms with Gasteiger partial charge in [0.1, 0.15) is 11.3 Å². The van der Waals surface area contributed by atoms with E-state index in [1.165, 1.54) is 0 Å². The Morgan fingerprint density at radius 1 is 1.50 bits per heavy atom. The Bertz CT molecular complexity index is 545. The predicted octanol–water partition coefficient (Wildman–Crippen LogP) is 1.51. The highest BCUT2D eigenvalue weighted by Gasteiger charge is 2.16. The average Bonchev–Trinajstić information content (AvgIpc) is 2.56. The first-order valence-electron chi connectivity index (χ1n) is 4.88. The highest BCUT2D eigenvalue weighted by atomic mass is 16.5. The molecule has 1 aromatic carbocycles. The molecule has 0 saturated heterocycles.